The first-order valence-corrected chi connectivity index (χ1v) is 11.3. The molecule has 36 heavy (non-hydrogen) atoms. The number of aryl methyl sites for hydroxylation is 1. The summed E-state index contributed by atoms with van der Waals surface area (Å²) in [6.07, 6.45) is -4.56. The lowest BCUT2D eigenvalue weighted by Crippen LogP contribution is -2.63. The monoisotopic (exact) mass is 499 g/mol. The van der Waals surface area contributed by atoms with Crippen molar-refractivity contribution in [3.8, 4) is 11.5 Å². The Bertz CT molecular complexity index is 1330. The number of nitrogens with one attached hydrogen (secondary N) is 1. The van der Waals surface area contributed by atoms with Gasteiger partial charge in [0.05, 0.1) is 12.7 Å². The molecule has 3 aromatic rings. The highest BCUT2D eigenvalue weighted by Gasteiger charge is 2.50. The van der Waals surface area contributed by atoms with E-state index in [0.29, 0.717) is 28.0 Å². The van der Waals surface area contributed by atoms with Gasteiger partial charge in [-0.3, -0.25) is 4.79 Å². The first kappa shape index (κ1) is 25.6. The highest BCUT2D eigenvalue weighted by molar-refractivity contribution is 6.05. The number of aliphatic hydroxyl groups excluding tert-OH is 2. The molecule has 0 radical (unpaired) electrons. The Hall–Kier alpha value is -3.44. The number of amides is 1. The largest absolute Gasteiger partial charge is 0.497 e. The molecular formula is C26H29NO9. The van der Waals surface area contributed by atoms with Gasteiger partial charge in [0, 0.05) is 23.6 Å². The van der Waals surface area contributed by atoms with Gasteiger partial charge in [0.25, 0.3) is 5.91 Å². The number of carbonyl (C=O) groups excluding carboxylic acids is 1. The van der Waals surface area contributed by atoms with Gasteiger partial charge in [-0.2, -0.15) is 0 Å². The molecule has 1 fully saturated rings. The third kappa shape index (κ3) is 4.80. The maximum atomic E-state index is 12.7. The lowest BCUT2D eigenvalue weighted by Gasteiger charge is -2.46. The van der Waals surface area contributed by atoms with E-state index in [-0.39, 0.29) is 11.3 Å². The topological polar surface area (TPSA) is 137 Å². The number of aliphatic hydroxyl groups is 2. The van der Waals surface area contributed by atoms with Gasteiger partial charge in [0.15, 0.2) is 0 Å². The molecule has 1 saturated heterocycles. The minimum Gasteiger partial charge on any atom is -0.497 e. The minimum atomic E-state index is -1.38. The van der Waals surface area contributed by atoms with E-state index in [0.717, 1.165) is 0 Å². The SMILES string of the molecule is COc1cccc(C(=O)Nc2cc3ccc(O[C@@H]4OC(C)(C)[C@H](OC)[C@@H](O)[C@H]4O)c(C)c3oc2=O)c1. The molecule has 2 aromatic carbocycles. The van der Waals surface area contributed by atoms with Crippen molar-refractivity contribution < 1.29 is 38.4 Å². The number of ether oxygens (including phenoxy) is 4. The number of anilines is 1. The van der Waals surface area contributed by atoms with Crippen molar-refractivity contribution in [1.82, 2.24) is 0 Å². The predicted molar refractivity (Wildman–Crippen MR) is 131 cm³/mol. The summed E-state index contributed by atoms with van der Waals surface area (Å²) < 4.78 is 27.7. The van der Waals surface area contributed by atoms with Crippen LogP contribution in [-0.2, 0) is 9.47 Å². The molecule has 10 heteroatoms. The Labute approximate surface area is 207 Å². The lowest BCUT2D eigenvalue weighted by atomic mass is 9.89. The number of fused-ring (bicyclic) bond motifs is 1. The van der Waals surface area contributed by atoms with Gasteiger partial charge in [-0.1, -0.05) is 6.07 Å². The van der Waals surface area contributed by atoms with E-state index in [2.05, 4.69) is 5.32 Å². The van der Waals surface area contributed by atoms with Gasteiger partial charge < -0.3 is 38.9 Å². The summed E-state index contributed by atoms with van der Waals surface area (Å²) in [5, 5.41) is 24.1. The maximum Gasteiger partial charge on any atom is 0.360 e. The summed E-state index contributed by atoms with van der Waals surface area (Å²) in [5.74, 6) is 0.315. The number of methoxy groups -OCH3 is 2. The molecule has 0 saturated carbocycles. The molecule has 192 valence electrons. The van der Waals surface area contributed by atoms with E-state index < -0.39 is 41.7 Å². The Morgan fingerprint density at radius 1 is 1.08 bits per heavy atom. The molecule has 3 N–H and O–H groups in total. The van der Waals surface area contributed by atoms with Crippen molar-refractivity contribution in [1.29, 1.82) is 0 Å². The molecule has 1 amide bonds. The molecule has 10 nitrogen and oxygen atoms in total. The van der Waals surface area contributed by atoms with E-state index in [1.807, 2.05) is 0 Å². The van der Waals surface area contributed by atoms with Gasteiger partial charge in [-0.15, -0.1) is 0 Å². The molecule has 2 heterocycles. The van der Waals surface area contributed by atoms with Gasteiger partial charge in [-0.05, 0) is 57.2 Å². The second-order valence-corrected chi connectivity index (χ2v) is 9.09. The van der Waals surface area contributed by atoms with Crippen LogP contribution >= 0.6 is 0 Å². The third-order valence-corrected chi connectivity index (χ3v) is 6.22. The van der Waals surface area contributed by atoms with E-state index in [4.69, 9.17) is 23.4 Å². The zero-order chi connectivity index (χ0) is 26.2. The smallest absolute Gasteiger partial charge is 0.360 e. The van der Waals surface area contributed by atoms with Crippen LogP contribution in [-0.4, -0.2) is 60.5 Å². The summed E-state index contributed by atoms with van der Waals surface area (Å²) in [4.78, 5) is 25.3. The van der Waals surface area contributed by atoms with Crippen molar-refractivity contribution in [2.45, 2.75) is 51.0 Å². The van der Waals surface area contributed by atoms with Gasteiger partial charge in [0.1, 0.15) is 41.1 Å². The fourth-order valence-electron chi connectivity index (χ4n) is 4.31. The molecule has 0 unspecified atom stereocenters. The summed E-state index contributed by atoms with van der Waals surface area (Å²) >= 11 is 0. The highest BCUT2D eigenvalue weighted by atomic mass is 16.7. The van der Waals surface area contributed by atoms with Gasteiger partial charge >= 0.3 is 5.63 Å². The zero-order valence-corrected chi connectivity index (χ0v) is 20.6. The summed E-state index contributed by atoms with van der Waals surface area (Å²) in [6.45, 7) is 5.13. The number of carbonyl (C=O) groups is 1. The van der Waals surface area contributed by atoms with E-state index in [1.165, 1.54) is 20.3 Å². The van der Waals surface area contributed by atoms with E-state index in [9.17, 15) is 19.8 Å². The van der Waals surface area contributed by atoms with Crippen LogP contribution < -0.4 is 20.4 Å². The van der Waals surface area contributed by atoms with Gasteiger partial charge in [0.2, 0.25) is 6.29 Å². The Morgan fingerprint density at radius 2 is 1.83 bits per heavy atom. The first-order chi connectivity index (χ1) is 17.1. The molecule has 4 atom stereocenters. The third-order valence-electron chi connectivity index (χ3n) is 6.22. The highest BCUT2D eigenvalue weighted by Crippen LogP contribution is 2.35. The molecule has 1 aliphatic heterocycles. The van der Waals surface area contributed by atoms with E-state index >= 15 is 0 Å². The maximum absolute atomic E-state index is 12.7. The fraction of sp³-hybridized carbons (Fsp3) is 0.385. The van der Waals surface area contributed by atoms with Crippen molar-refractivity contribution >= 4 is 22.6 Å². The van der Waals surface area contributed by atoms with Crippen LogP contribution in [0, 0.1) is 6.92 Å². The average molecular weight is 500 g/mol. The molecule has 0 aliphatic carbocycles. The van der Waals surface area contributed by atoms with Gasteiger partial charge in [-0.25, -0.2) is 4.79 Å². The minimum absolute atomic E-state index is 0.0232. The lowest BCUT2D eigenvalue weighted by molar-refractivity contribution is -0.306. The van der Waals surface area contributed by atoms with Crippen molar-refractivity contribution in [3.63, 3.8) is 0 Å². The molecule has 0 bridgehead atoms. The van der Waals surface area contributed by atoms with Crippen LogP contribution in [0.4, 0.5) is 5.69 Å². The van der Waals surface area contributed by atoms with Crippen LogP contribution in [0.5, 0.6) is 11.5 Å². The first-order valence-electron chi connectivity index (χ1n) is 11.3. The molecule has 0 spiro atoms. The van der Waals surface area contributed by atoms with Crippen LogP contribution in [0.1, 0.15) is 29.8 Å². The van der Waals surface area contributed by atoms with Crippen LogP contribution in [0.3, 0.4) is 0 Å². The van der Waals surface area contributed by atoms with Crippen LogP contribution in [0.15, 0.2) is 51.7 Å². The molecular weight excluding hydrogens is 470 g/mol. The Morgan fingerprint density at radius 3 is 2.53 bits per heavy atom. The number of hydrogen-bond donors (Lipinski definition) is 3. The van der Waals surface area contributed by atoms with E-state index in [1.54, 1.807) is 57.2 Å². The summed E-state index contributed by atoms with van der Waals surface area (Å²) in [7, 11) is 2.92. The normalized spacial score (nSPS) is 23.3. The second kappa shape index (κ2) is 9.90. The van der Waals surface area contributed by atoms with Crippen LogP contribution in [0.25, 0.3) is 11.0 Å². The fourth-order valence-corrected chi connectivity index (χ4v) is 4.31. The van der Waals surface area contributed by atoms with Crippen LogP contribution in [0.2, 0.25) is 0 Å². The number of rotatable bonds is 6. The molecule has 1 aromatic heterocycles. The second-order valence-electron chi connectivity index (χ2n) is 9.09. The predicted octanol–water partition coefficient (Wildman–Crippen LogP) is 2.61. The Kier molecular flexibility index (Phi) is 7.05. The van der Waals surface area contributed by atoms with Crippen molar-refractivity contribution in [2.75, 3.05) is 19.5 Å². The van der Waals surface area contributed by atoms with Crippen molar-refractivity contribution in [2.24, 2.45) is 0 Å². The zero-order valence-electron chi connectivity index (χ0n) is 20.6. The average Bonchev–Trinajstić information content (AvgIpc) is 2.85. The number of hydrogen-bond acceptors (Lipinski definition) is 9. The summed E-state index contributed by atoms with van der Waals surface area (Å²) in [6, 6.07) is 11.3. The molecule has 1 aliphatic rings. The quantitative estimate of drug-likeness (QED) is 0.437. The number of benzene rings is 2. The standard InChI is InChI=1S/C26H29NO9/c1-13-18(34-25-20(29)19(28)22(33-5)26(2,3)36-25)10-9-14-12-17(24(31)35-21(13)14)27-23(30)15-7-6-8-16(11-15)32-4/h6-12,19-20,22,25,28-29H,1-5H3,(H,27,30)/t19-,20+,22+,25+/m0/s1. The Balaban J connectivity index is 1.59. The van der Waals surface area contributed by atoms with Crippen molar-refractivity contribution in [3.05, 3.63) is 64.0 Å². The molecule has 4 rings (SSSR count). The summed E-state index contributed by atoms with van der Waals surface area (Å²) in [5.41, 5.74) is -0.660.